The van der Waals surface area contributed by atoms with Gasteiger partial charge in [0.05, 0.1) is 11.3 Å². The number of para-hydroxylation sites is 1. The van der Waals surface area contributed by atoms with E-state index in [1.807, 2.05) is 18.2 Å². The fourth-order valence-corrected chi connectivity index (χ4v) is 2.98. The molecule has 1 aliphatic carbocycles. The molecule has 1 aliphatic rings. The highest BCUT2D eigenvalue weighted by molar-refractivity contribution is 6.09. The summed E-state index contributed by atoms with van der Waals surface area (Å²) in [5.74, 6) is -0.450. The zero-order chi connectivity index (χ0) is 16.9. The van der Waals surface area contributed by atoms with Gasteiger partial charge < -0.3 is 16.4 Å². The molecule has 0 radical (unpaired) electrons. The fourth-order valence-electron chi connectivity index (χ4n) is 2.98. The molecule has 0 spiro atoms. The third-order valence-electron chi connectivity index (χ3n) is 4.21. The monoisotopic (exact) mass is 359 g/mol. The number of carbonyl (C=O) groups is 2. The van der Waals surface area contributed by atoms with Gasteiger partial charge >= 0.3 is 0 Å². The van der Waals surface area contributed by atoms with Crippen molar-refractivity contribution in [3.8, 4) is 0 Å². The number of aryl methyl sites for hydroxylation is 2. The molecule has 0 saturated carbocycles. The Hall–Kier alpha value is -2.37. The van der Waals surface area contributed by atoms with Crippen LogP contribution in [0.5, 0.6) is 0 Å². The van der Waals surface area contributed by atoms with Crippen LogP contribution in [-0.2, 0) is 12.8 Å². The van der Waals surface area contributed by atoms with E-state index in [1.165, 1.54) is 11.1 Å². The van der Waals surface area contributed by atoms with Gasteiger partial charge in [0.2, 0.25) is 0 Å². The molecule has 0 aromatic heterocycles. The van der Waals surface area contributed by atoms with Crippen LogP contribution in [0, 0.1) is 0 Å². The predicted octanol–water partition coefficient (Wildman–Crippen LogP) is 2.54. The Labute approximate surface area is 153 Å². The lowest BCUT2D eigenvalue weighted by atomic mass is 10.1. The van der Waals surface area contributed by atoms with Gasteiger partial charge in [-0.3, -0.25) is 9.59 Å². The number of amides is 2. The zero-order valence-corrected chi connectivity index (χ0v) is 14.7. The van der Waals surface area contributed by atoms with E-state index in [9.17, 15) is 9.59 Å². The molecule has 0 aliphatic heterocycles. The van der Waals surface area contributed by atoms with Crippen molar-refractivity contribution in [3.05, 3.63) is 64.7 Å². The average molecular weight is 360 g/mol. The quantitative estimate of drug-likeness (QED) is 0.767. The van der Waals surface area contributed by atoms with E-state index in [-0.39, 0.29) is 24.2 Å². The van der Waals surface area contributed by atoms with E-state index >= 15 is 0 Å². The molecule has 2 aromatic carbocycles. The molecular formula is C19H22ClN3O2. The summed E-state index contributed by atoms with van der Waals surface area (Å²) in [6.07, 6.45) is 3.25. The van der Waals surface area contributed by atoms with Crippen molar-refractivity contribution in [2.75, 3.05) is 18.4 Å². The molecule has 2 amide bonds. The van der Waals surface area contributed by atoms with Crippen LogP contribution >= 0.6 is 12.4 Å². The molecule has 0 heterocycles. The summed E-state index contributed by atoms with van der Waals surface area (Å²) in [4.78, 5) is 24.7. The molecule has 132 valence electrons. The van der Waals surface area contributed by atoms with Gasteiger partial charge in [-0.1, -0.05) is 18.2 Å². The highest BCUT2D eigenvalue weighted by Crippen LogP contribution is 2.23. The number of nitrogens with two attached hydrogens (primary N) is 1. The van der Waals surface area contributed by atoms with Crippen molar-refractivity contribution in [2.24, 2.45) is 5.73 Å². The summed E-state index contributed by atoms with van der Waals surface area (Å²) in [6.45, 7) is 0.765. The third kappa shape index (κ3) is 4.38. The molecule has 3 rings (SSSR count). The van der Waals surface area contributed by atoms with E-state index in [0.717, 1.165) is 19.3 Å². The topological polar surface area (TPSA) is 84.2 Å². The van der Waals surface area contributed by atoms with E-state index in [1.54, 1.807) is 24.3 Å². The van der Waals surface area contributed by atoms with Crippen LogP contribution < -0.4 is 16.4 Å². The first-order valence-corrected chi connectivity index (χ1v) is 8.19. The third-order valence-corrected chi connectivity index (χ3v) is 4.21. The van der Waals surface area contributed by atoms with Gasteiger partial charge in [0.25, 0.3) is 11.8 Å². The minimum atomic E-state index is -0.245. The summed E-state index contributed by atoms with van der Waals surface area (Å²) in [5.41, 5.74) is 9.53. The van der Waals surface area contributed by atoms with E-state index in [2.05, 4.69) is 10.6 Å². The number of fused-ring (bicyclic) bond motifs is 1. The molecular weight excluding hydrogens is 338 g/mol. The van der Waals surface area contributed by atoms with Gasteiger partial charge in [-0.25, -0.2) is 0 Å². The second-order valence-corrected chi connectivity index (χ2v) is 5.88. The number of carbonyl (C=O) groups excluding carboxylic acids is 2. The van der Waals surface area contributed by atoms with Gasteiger partial charge in [0.1, 0.15) is 0 Å². The normalized spacial score (nSPS) is 12.0. The Bertz CT molecular complexity index is 777. The van der Waals surface area contributed by atoms with Crippen LogP contribution in [0.15, 0.2) is 42.5 Å². The second kappa shape index (κ2) is 8.65. The Balaban J connectivity index is 0.00000225. The maximum absolute atomic E-state index is 12.5. The van der Waals surface area contributed by atoms with Crippen LogP contribution in [0.4, 0.5) is 5.69 Å². The summed E-state index contributed by atoms with van der Waals surface area (Å²) in [7, 11) is 0. The smallest absolute Gasteiger partial charge is 0.255 e. The maximum Gasteiger partial charge on any atom is 0.255 e. The van der Waals surface area contributed by atoms with Crippen LogP contribution in [0.1, 0.15) is 38.3 Å². The molecule has 0 atom stereocenters. The van der Waals surface area contributed by atoms with E-state index < -0.39 is 0 Å². The summed E-state index contributed by atoms with van der Waals surface area (Å²) in [5, 5.41) is 5.57. The molecule has 0 bridgehead atoms. The standard InChI is InChI=1S/C19H21N3O2.ClH/c20-10-11-21-19(24)16-6-1-2-7-17(16)22-18(23)15-9-8-13-4-3-5-14(13)12-15;/h1-2,6-9,12H,3-5,10-11,20H2,(H,21,24)(H,22,23);1H. The maximum atomic E-state index is 12.5. The molecule has 25 heavy (non-hydrogen) atoms. The Morgan fingerprint density at radius 2 is 1.76 bits per heavy atom. The summed E-state index contributed by atoms with van der Waals surface area (Å²) in [6, 6.07) is 12.8. The first-order valence-electron chi connectivity index (χ1n) is 8.19. The Morgan fingerprint density at radius 3 is 2.56 bits per heavy atom. The highest BCUT2D eigenvalue weighted by Gasteiger charge is 2.16. The van der Waals surface area contributed by atoms with Gasteiger partial charge in [-0.05, 0) is 54.7 Å². The lowest BCUT2D eigenvalue weighted by Crippen LogP contribution is -2.30. The van der Waals surface area contributed by atoms with E-state index in [0.29, 0.717) is 29.9 Å². The number of hydrogen-bond donors (Lipinski definition) is 3. The number of rotatable bonds is 5. The molecule has 0 unspecified atom stereocenters. The number of hydrogen-bond acceptors (Lipinski definition) is 3. The van der Waals surface area contributed by atoms with Crippen LogP contribution in [0.25, 0.3) is 0 Å². The van der Waals surface area contributed by atoms with Crippen molar-refractivity contribution >= 4 is 29.9 Å². The SMILES string of the molecule is Cl.NCCNC(=O)c1ccccc1NC(=O)c1ccc2c(c1)CCC2. The van der Waals surface area contributed by atoms with Crippen LogP contribution in [-0.4, -0.2) is 24.9 Å². The van der Waals surface area contributed by atoms with Crippen LogP contribution in [0.3, 0.4) is 0 Å². The number of anilines is 1. The van der Waals surface area contributed by atoms with Crippen LogP contribution in [0.2, 0.25) is 0 Å². The predicted molar refractivity (Wildman–Crippen MR) is 101 cm³/mol. The van der Waals surface area contributed by atoms with Crippen molar-refractivity contribution in [3.63, 3.8) is 0 Å². The molecule has 0 saturated heterocycles. The Morgan fingerprint density at radius 1 is 1.00 bits per heavy atom. The lowest BCUT2D eigenvalue weighted by Gasteiger charge is -2.12. The first kappa shape index (κ1) is 19.0. The largest absolute Gasteiger partial charge is 0.351 e. The minimum absolute atomic E-state index is 0. The first-order chi connectivity index (χ1) is 11.7. The van der Waals surface area contributed by atoms with Crippen molar-refractivity contribution in [1.82, 2.24) is 5.32 Å². The number of nitrogens with one attached hydrogen (secondary N) is 2. The zero-order valence-electron chi connectivity index (χ0n) is 13.9. The number of halogens is 1. The molecule has 5 nitrogen and oxygen atoms in total. The van der Waals surface area contributed by atoms with Gasteiger partial charge in [-0.15, -0.1) is 12.4 Å². The lowest BCUT2D eigenvalue weighted by molar-refractivity contribution is 0.0955. The highest BCUT2D eigenvalue weighted by atomic mass is 35.5. The average Bonchev–Trinajstić information content (AvgIpc) is 3.07. The molecule has 6 heteroatoms. The van der Waals surface area contributed by atoms with Crippen molar-refractivity contribution < 1.29 is 9.59 Å². The molecule has 4 N–H and O–H groups in total. The number of benzene rings is 2. The fraction of sp³-hybridized carbons (Fsp3) is 0.263. The second-order valence-electron chi connectivity index (χ2n) is 5.88. The summed E-state index contributed by atoms with van der Waals surface area (Å²) >= 11 is 0. The molecule has 0 fully saturated rings. The van der Waals surface area contributed by atoms with Gasteiger partial charge in [-0.2, -0.15) is 0 Å². The van der Waals surface area contributed by atoms with Gasteiger partial charge in [0, 0.05) is 18.7 Å². The minimum Gasteiger partial charge on any atom is -0.351 e. The molecule has 2 aromatic rings. The Kier molecular flexibility index (Phi) is 6.56. The van der Waals surface area contributed by atoms with E-state index in [4.69, 9.17) is 5.73 Å². The van der Waals surface area contributed by atoms with Crippen molar-refractivity contribution in [1.29, 1.82) is 0 Å². The van der Waals surface area contributed by atoms with Crippen molar-refractivity contribution in [2.45, 2.75) is 19.3 Å². The summed E-state index contributed by atoms with van der Waals surface area (Å²) < 4.78 is 0. The van der Waals surface area contributed by atoms with Gasteiger partial charge in [0.15, 0.2) is 0 Å².